The van der Waals surface area contributed by atoms with Gasteiger partial charge in [-0.2, -0.15) is 0 Å². The first-order valence-electron chi connectivity index (χ1n) is 10.8. The molecule has 1 heterocycles. The molecule has 32 heavy (non-hydrogen) atoms. The van der Waals surface area contributed by atoms with Crippen LogP contribution in [0, 0.1) is 6.92 Å². The van der Waals surface area contributed by atoms with Crippen molar-refractivity contribution < 1.29 is 9.59 Å². The minimum Gasteiger partial charge on any atom is -0.338 e. The fraction of sp³-hybridized carbons (Fsp3) is 0.231. The van der Waals surface area contributed by atoms with Gasteiger partial charge >= 0.3 is 6.03 Å². The summed E-state index contributed by atoms with van der Waals surface area (Å²) in [4.78, 5) is 26.1. The van der Waals surface area contributed by atoms with E-state index in [1.807, 2.05) is 48.2 Å². The predicted octanol–water partition coefficient (Wildman–Crippen LogP) is 5.76. The Bertz CT molecular complexity index is 1130. The van der Waals surface area contributed by atoms with Crippen molar-refractivity contribution in [2.75, 3.05) is 11.9 Å². The summed E-state index contributed by atoms with van der Waals surface area (Å²) in [5.74, 6) is 0.233. The van der Waals surface area contributed by atoms with E-state index in [9.17, 15) is 9.59 Å². The number of likely N-dealkylation sites (tertiary alicyclic amines) is 1. The maximum Gasteiger partial charge on any atom is 0.319 e. The van der Waals surface area contributed by atoms with Gasteiger partial charge in [0.25, 0.3) is 0 Å². The molecule has 0 radical (unpaired) electrons. The molecule has 2 N–H and O–H groups in total. The van der Waals surface area contributed by atoms with E-state index in [0.29, 0.717) is 30.2 Å². The Morgan fingerprint density at radius 2 is 1.84 bits per heavy atom. The molecule has 1 saturated heterocycles. The fourth-order valence-electron chi connectivity index (χ4n) is 3.86. The summed E-state index contributed by atoms with van der Waals surface area (Å²) >= 11 is 6.13. The van der Waals surface area contributed by atoms with Crippen molar-refractivity contribution in [2.24, 2.45) is 0 Å². The molecule has 0 spiro atoms. The predicted molar refractivity (Wildman–Crippen MR) is 129 cm³/mol. The zero-order valence-electron chi connectivity index (χ0n) is 18.0. The molecule has 3 amide bonds. The number of benzene rings is 3. The van der Waals surface area contributed by atoms with Crippen LogP contribution in [0.4, 0.5) is 10.5 Å². The highest BCUT2D eigenvalue weighted by Gasteiger charge is 2.19. The molecule has 0 aromatic heterocycles. The first kappa shape index (κ1) is 21.9. The Hall–Kier alpha value is -3.31. The van der Waals surface area contributed by atoms with Crippen LogP contribution in [0.1, 0.15) is 29.5 Å². The van der Waals surface area contributed by atoms with Crippen LogP contribution in [0.5, 0.6) is 0 Å². The molecule has 0 atom stereocenters. The molecule has 3 aromatic carbocycles. The number of anilines is 1. The number of urea groups is 1. The molecule has 4 rings (SSSR count). The third kappa shape index (κ3) is 5.29. The van der Waals surface area contributed by atoms with Crippen LogP contribution in [0.15, 0.2) is 66.7 Å². The van der Waals surface area contributed by atoms with Gasteiger partial charge in [0.05, 0.1) is 0 Å². The van der Waals surface area contributed by atoms with Crippen molar-refractivity contribution in [3.63, 3.8) is 0 Å². The largest absolute Gasteiger partial charge is 0.338 e. The Morgan fingerprint density at radius 1 is 1.06 bits per heavy atom. The average molecular weight is 448 g/mol. The van der Waals surface area contributed by atoms with E-state index in [2.05, 4.69) is 34.9 Å². The van der Waals surface area contributed by atoms with E-state index in [1.54, 1.807) is 6.07 Å². The van der Waals surface area contributed by atoms with Crippen LogP contribution in [0.25, 0.3) is 11.1 Å². The number of carbonyl (C=O) groups excluding carboxylic acids is 2. The smallest absolute Gasteiger partial charge is 0.319 e. The van der Waals surface area contributed by atoms with E-state index in [0.717, 1.165) is 40.8 Å². The highest BCUT2D eigenvalue weighted by Crippen LogP contribution is 2.25. The van der Waals surface area contributed by atoms with Crippen LogP contribution in [-0.4, -0.2) is 23.4 Å². The van der Waals surface area contributed by atoms with Crippen LogP contribution in [-0.2, 0) is 17.9 Å². The van der Waals surface area contributed by atoms with Crippen LogP contribution in [0.3, 0.4) is 0 Å². The van der Waals surface area contributed by atoms with Gasteiger partial charge in [-0.25, -0.2) is 4.79 Å². The second-order valence-corrected chi connectivity index (χ2v) is 8.45. The molecule has 0 unspecified atom stereocenters. The van der Waals surface area contributed by atoms with Crippen molar-refractivity contribution in [1.29, 1.82) is 0 Å². The van der Waals surface area contributed by atoms with Gasteiger partial charge in [0.1, 0.15) is 0 Å². The number of hydrogen-bond acceptors (Lipinski definition) is 2. The summed E-state index contributed by atoms with van der Waals surface area (Å²) in [5, 5.41) is 6.35. The molecule has 1 aliphatic heterocycles. The Balaban J connectivity index is 1.40. The SMILES string of the molecule is Cc1ccc(NC(=O)NCc2ccccc2-c2ccc(CN3CCCC3=O)cc2)cc1Cl. The highest BCUT2D eigenvalue weighted by molar-refractivity contribution is 6.31. The zero-order chi connectivity index (χ0) is 22.5. The number of rotatable bonds is 6. The first-order chi connectivity index (χ1) is 15.5. The molecule has 0 aliphatic carbocycles. The topological polar surface area (TPSA) is 61.4 Å². The molecule has 3 aromatic rings. The lowest BCUT2D eigenvalue weighted by Gasteiger charge is -2.16. The Labute approximate surface area is 193 Å². The van der Waals surface area contributed by atoms with E-state index in [1.165, 1.54) is 0 Å². The second-order valence-electron chi connectivity index (χ2n) is 8.04. The lowest BCUT2D eigenvalue weighted by atomic mass is 9.98. The van der Waals surface area contributed by atoms with Crippen molar-refractivity contribution in [3.05, 3.63) is 88.4 Å². The molecule has 0 bridgehead atoms. The van der Waals surface area contributed by atoms with E-state index in [4.69, 9.17) is 11.6 Å². The van der Waals surface area contributed by atoms with E-state index in [-0.39, 0.29) is 11.9 Å². The van der Waals surface area contributed by atoms with Gasteiger partial charge in [0, 0.05) is 36.8 Å². The molecule has 5 nitrogen and oxygen atoms in total. The number of carbonyl (C=O) groups is 2. The van der Waals surface area contributed by atoms with E-state index >= 15 is 0 Å². The lowest BCUT2D eigenvalue weighted by molar-refractivity contribution is -0.128. The van der Waals surface area contributed by atoms with Crippen molar-refractivity contribution >= 4 is 29.2 Å². The summed E-state index contributed by atoms with van der Waals surface area (Å²) in [7, 11) is 0. The van der Waals surface area contributed by atoms with Gasteiger partial charge in [-0.05, 0) is 53.3 Å². The average Bonchev–Trinajstić information content (AvgIpc) is 3.20. The van der Waals surface area contributed by atoms with Gasteiger partial charge in [-0.3, -0.25) is 4.79 Å². The van der Waals surface area contributed by atoms with Gasteiger partial charge in [-0.15, -0.1) is 0 Å². The van der Waals surface area contributed by atoms with Crippen LogP contribution in [0.2, 0.25) is 5.02 Å². The quantitative estimate of drug-likeness (QED) is 0.504. The monoisotopic (exact) mass is 447 g/mol. The first-order valence-corrected chi connectivity index (χ1v) is 11.1. The standard InChI is InChI=1S/C26H26ClN3O2/c1-18-8-13-22(15-24(18)27)29-26(32)28-16-21-5-2-3-6-23(21)20-11-9-19(10-12-20)17-30-14-4-7-25(30)31/h2-3,5-6,8-13,15H,4,7,14,16-17H2,1H3,(H2,28,29,32). The molecule has 1 aliphatic rings. The number of nitrogens with zero attached hydrogens (tertiary/aromatic N) is 1. The van der Waals surface area contributed by atoms with Crippen molar-refractivity contribution in [3.8, 4) is 11.1 Å². The second kappa shape index (κ2) is 9.88. The van der Waals surface area contributed by atoms with E-state index < -0.39 is 0 Å². The lowest BCUT2D eigenvalue weighted by Crippen LogP contribution is -2.28. The number of aryl methyl sites for hydroxylation is 1. The maximum atomic E-state index is 12.4. The van der Waals surface area contributed by atoms with Crippen molar-refractivity contribution in [1.82, 2.24) is 10.2 Å². The summed E-state index contributed by atoms with van der Waals surface area (Å²) in [6.45, 7) is 3.81. The minimum absolute atomic E-state index is 0.233. The fourth-order valence-corrected chi connectivity index (χ4v) is 4.04. The number of hydrogen-bond donors (Lipinski definition) is 2. The van der Waals surface area contributed by atoms with Gasteiger partial charge < -0.3 is 15.5 Å². The van der Waals surface area contributed by atoms with Crippen molar-refractivity contribution in [2.45, 2.75) is 32.9 Å². The Morgan fingerprint density at radius 3 is 2.56 bits per heavy atom. The molecule has 164 valence electrons. The summed E-state index contributed by atoms with van der Waals surface area (Å²) in [6, 6.07) is 21.4. The number of halogens is 1. The molecule has 6 heteroatoms. The summed E-state index contributed by atoms with van der Waals surface area (Å²) < 4.78 is 0. The number of amides is 3. The third-order valence-corrected chi connectivity index (χ3v) is 6.10. The molecule has 1 fully saturated rings. The molecular formula is C26H26ClN3O2. The zero-order valence-corrected chi connectivity index (χ0v) is 18.8. The summed E-state index contributed by atoms with van der Waals surface area (Å²) in [5.41, 5.74) is 5.89. The Kier molecular flexibility index (Phi) is 6.76. The molecular weight excluding hydrogens is 422 g/mol. The maximum absolute atomic E-state index is 12.4. The summed E-state index contributed by atoms with van der Waals surface area (Å²) in [6.07, 6.45) is 1.60. The van der Waals surface area contributed by atoms with Gasteiger partial charge in [0.2, 0.25) is 5.91 Å². The van der Waals surface area contributed by atoms with Gasteiger partial charge in [-0.1, -0.05) is 66.2 Å². The minimum atomic E-state index is -0.287. The third-order valence-electron chi connectivity index (χ3n) is 5.70. The van der Waals surface area contributed by atoms with Gasteiger partial charge in [0.15, 0.2) is 0 Å². The normalized spacial score (nSPS) is 13.3. The molecule has 0 saturated carbocycles. The van der Waals surface area contributed by atoms with Crippen LogP contribution < -0.4 is 10.6 Å². The van der Waals surface area contributed by atoms with Crippen LogP contribution >= 0.6 is 11.6 Å². The number of nitrogens with one attached hydrogen (secondary N) is 2. The highest BCUT2D eigenvalue weighted by atomic mass is 35.5.